The highest BCUT2D eigenvalue weighted by Gasteiger charge is 2.37. The molecule has 0 saturated heterocycles. The Kier molecular flexibility index (Phi) is 3.60. The molecule has 2 rings (SSSR count). The lowest BCUT2D eigenvalue weighted by atomic mass is 9.69. The van der Waals surface area contributed by atoms with Gasteiger partial charge in [0.1, 0.15) is 0 Å². The van der Waals surface area contributed by atoms with Crippen LogP contribution in [0.4, 0.5) is 0 Å². The fraction of sp³-hybridized carbons (Fsp3) is 1.00. The molecule has 0 spiro atoms. The van der Waals surface area contributed by atoms with Crippen LogP contribution in [0.5, 0.6) is 0 Å². The Bertz CT molecular complexity index is 225. The lowest BCUT2D eigenvalue weighted by molar-refractivity contribution is 0.118. The summed E-state index contributed by atoms with van der Waals surface area (Å²) in [6.45, 7) is 6.75. The minimum Gasteiger partial charge on any atom is -0.330 e. The summed E-state index contributed by atoms with van der Waals surface area (Å²) in [7, 11) is 0. The second-order valence-corrected chi connectivity index (χ2v) is 6.65. The molecule has 0 atom stereocenters. The maximum absolute atomic E-state index is 6.03. The lowest BCUT2D eigenvalue weighted by Gasteiger charge is -2.45. The Morgan fingerprint density at radius 1 is 1.19 bits per heavy atom. The van der Waals surface area contributed by atoms with Gasteiger partial charge in [-0.3, -0.25) is 0 Å². The van der Waals surface area contributed by atoms with Gasteiger partial charge in [0.2, 0.25) is 0 Å². The summed E-state index contributed by atoms with van der Waals surface area (Å²) in [4.78, 5) is 0. The van der Waals surface area contributed by atoms with E-state index in [0.717, 1.165) is 19.0 Å². The van der Waals surface area contributed by atoms with Crippen molar-refractivity contribution in [2.75, 3.05) is 13.1 Å². The van der Waals surface area contributed by atoms with E-state index >= 15 is 0 Å². The third-order valence-electron chi connectivity index (χ3n) is 5.12. The predicted octanol–water partition coefficient (Wildman–Crippen LogP) is 2.67. The maximum Gasteiger partial charge on any atom is 0.0153 e. The summed E-state index contributed by atoms with van der Waals surface area (Å²) in [5.41, 5.74) is 6.88. The zero-order valence-electron chi connectivity index (χ0n) is 11.0. The van der Waals surface area contributed by atoms with E-state index < -0.39 is 0 Å². The van der Waals surface area contributed by atoms with E-state index in [1.807, 2.05) is 0 Å². The van der Waals surface area contributed by atoms with Gasteiger partial charge in [0.05, 0.1) is 0 Å². The van der Waals surface area contributed by atoms with Crippen LogP contribution < -0.4 is 11.1 Å². The summed E-state index contributed by atoms with van der Waals surface area (Å²) < 4.78 is 0. The summed E-state index contributed by atoms with van der Waals surface area (Å²) in [5, 5.41) is 3.79. The second-order valence-electron chi connectivity index (χ2n) is 6.65. The molecule has 0 aromatic heterocycles. The van der Waals surface area contributed by atoms with Crippen molar-refractivity contribution >= 4 is 0 Å². The van der Waals surface area contributed by atoms with Crippen LogP contribution in [-0.2, 0) is 0 Å². The summed E-state index contributed by atoms with van der Waals surface area (Å²) in [6, 6.07) is 0. The third kappa shape index (κ3) is 2.60. The topological polar surface area (TPSA) is 38.0 Å². The van der Waals surface area contributed by atoms with Crippen molar-refractivity contribution in [3.63, 3.8) is 0 Å². The fourth-order valence-electron chi connectivity index (χ4n) is 3.11. The molecule has 0 radical (unpaired) electrons. The summed E-state index contributed by atoms with van der Waals surface area (Å²) in [5.74, 6) is 0.916. The molecule has 0 aliphatic heterocycles. The van der Waals surface area contributed by atoms with E-state index in [9.17, 15) is 0 Å². The van der Waals surface area contributed by atoms with Crippen molar-refractivity contribution in [3.8, 4) is 0 Å². The first kappa shape index (κ1) is 12.4. The van der Waals surface area contributed by atoms with Crippen LogP contribution in [0.15, 0.2) is 0 Å². The molecule has 16 heavy (non-hydrogen) atoms. The van der Waals surface area contributed by atoms with Crippen molar-refractivity contribution in [2.45, 2.75) is 64.3 Å². The highest BCUT2D eigenvalue weighted by atomic mass is 15.0. The summed E-state index contributed by atoms with van der Waals surface area (Å²) >= 11 is 0. The SMILES string of the molecule is CC1CCC(CN)(CNC2(C)CCC2)CC1. The molecule has 0 unspecified atom stereocenters. The highest BCUT2D eigenvalue weighted by Crippen LogP contribution is 2.39. The molecule has 0 amide bonds. The average Bonchev–Trinajstić information content (AvgIpc) is 2.27. The third-order valence-corrected chi connectivity index (χ3v) is 5.12. The number of nitrogens with two attached hydrogens (primary N) is 1. The molecular formula is C14H28N2. The molecule has 0 bridgehead atoms. The Labute approximate surface area is 100 Å². The van der Waals surface area contributed by atoms with Gasteiger partial charge >= 0.3 is 0 Å². The van der Waals surface area contributed by atoms with E-state index in [0.29, 0.717) is 11.0 Å². The molecule has 3 N–H and O–H groups in total. The molecule has 2 aliphatic carbocycles. The largest absolute Gasteiger partial charge is 0.330 e. The van der Waals surface area contributed by atoms with Crippen molar-refractivity contribution in [2.24, 2.45) is 17.1 Å². The van der Waals surface area contributed by atoms with Gasteiger partial charge in [-0.2, -0.15) is 0 Å². The second kappa shape index (κ2) is 4.66. The van der Waals surface area contributed by atoms with Crippen molar-refractivity contribution < 1.29 is 0 Å². The van der Waals surface area contributed by atoms with Gasteiger partial charge in [0.15, 0.2) is 0 Å². The lowest BCUT2D eigenvalue weighted by Crippen LogP contribution is -2.54. The molecule has 2 saturated carbocycles. The Morgan fingerprint density at radius 3 is 2.25 bits per heavy atom. The fourth-order valence-corrected chi connectivity index (χ4v) is 3.11. The van der Waals surface area contributed by atoms with Crippen molar-refractivity contribution in [1.82, 2.24) is 5.32 Å². The van der Waals surface area contributed by atoms with Gasteiger partial charge in [0.25, 0.3) is 0 Å². The van der Waals surface area contributed by atoms with Crippen LogP contribution in [-0.4, -0.2) is 18.6 Å². The monoisotopic (exact) mass is 224 g/mol. The summed E-state index contributed by atoms with van der Waals surface area (Å²) in [6.07, 6.45) is 9.50. The van der Waals surface area contributed by atoms with E-state index in [1.54, 1.807) is 0 Å². The van der Waals surface area contributed by atoms with Crippen LogP contribution in [0.1, 0.15) is 58.8 Å². The minimum atomic E-state index is 0.408. The van der Waals surface area contributed by atoms with Crippen LogP contribution in [0.25, 0.3) is 0 Å². The van der Waals surface area contributed by atoms with E-state index in [4.69, 9.17) is 5.73 Å². The highest BCUT2D eigenvalue weighted by molar-refractivity contribution is 4.95. The standard InChI is InChI=1S/C14H28N2/c1-12-4-8-14(10-15,9-5-12)11-16-13(2)6-3-7-13/h12,16H,3-11,15H2,1-2H3. The molecule has 2 fully saturated rings. The number of hydrogen-bond acceptors (Lipinski definition) is 2. The van der Waals surface area contributed by atoms with E-state index in [1.165, 1.54) is 44.9 Å². The van der Waals surface area contributed by atoms with Gasteiger partial charge in [-0.1, -0.05) is 19.8 Å². The molecule has 2 heteroatoms. The average molecular weight is 224 g/mol. The van der Waals surface area contributed by atoms with Crippen molar-refractivity contribution in [3.05, 3.63) is 0 Å². The molecule has 0 heterocycles. The van der Waals surface area contributed by atoms with Gasteiger partial charge in [-0.15, -0.1) is 0 Å². The number of nitrogens with one attached hydrogen (secondary N) is 1. The molecule has 94 valence electrons. The first-order valence-corrected chi connectivity index (χ1v) is 7.03. The number of hydrogen-bond donors (Lipinski definition) is 2. The zero-order valence-corrected chi connectivity index (χ0v) is 11.0. The molecular weight excluding hydrogens is 196 g/mol. The van der Waals surface area contributed by atoms with Crippen molar-refractivity contribution in [1.29, 1.82) is 0 Å². The predicted molar refractivity (Wildman–Crippen MR) is 69.4 cm³/mol. The Balaban J connectivity index is 1.84. The minimum absolute atomic E-state index is 0.408. The molecule has 2 aliphatic rings. The van der Waals surface area contributed by atoms with E-state index in [2.05, 4.69) is 19.2 Å². The quantitative estimate of drug-likeness (QED) is 0.770. The first-order chi connectivity index (χ1) is 7.58. The zero-order chi connectivity index (χ0) is 11.6. The van der Waals surface area contributed by atoms with Gasteiger partial charge in [-0.25, -0.2) is 0 Å². The normalized spacial score (nSPS) is 38.1. The first-order valence-electron chi connectivity index (χ1n) is 7.03. The van der Waals surface area contributed by atoms with Crippen LogP contribution in [0.3, 0.4) is 0 Å². The Morgan fingerprint density at radius 2 is 1.81 bits per heavy atom. The van der Waals surface area contributed by atoms with Gasteiger partial charge in [-0.05, 0) is 56.9 Å². The Hall–Kier alpha value is -0.0800. The smallest absolute Gasteiger partial charge is 0.0153 e. The number of rotatable bonds is 4. The van der Waals surface area contributed by atoms with Crippen LogP contribution >= 0.6 is 0 Å². The van der Waals surface area contributed by atoms with Gasteiger partial charge < -0.3 is 11.1 Å². The molecule has 0 aromatic carbocycles. The van der Waals surface area contributed by atoms with Crippen LogP contribution in [0, 0.1) is 11.3 Å². The van der Waals surface area contributed by atoms with Crippen LogP contribution in [0.2, 0.25) is 0 Å². The van der Waals surface area contributed by atoms with E-state index in [-0.39, 0.29) is 0 Å². The molecule has 2 nitrogen and oxygen atoms in total. The van der Waals surface area contributed by atoms with Gasteiger partial charge in [0, 0.05) is 12.1 Å². The molecule has 0 aromatic rings. The maximum atomic E-state index is 6.03.